The molecule has 4 nitrogen and oxygen atoms in total. The van der Waals surface area contributed by atoms with E-state index in [1.165, 1.54) is 7.11 Å². The predicted molar refractivity (Wildman–Crippen MR) is 54.2 cm³/mol. The van der Waals surface area contributed by atoms with Gasteiger partial charge in [0.15, 0.2) is 0 Å². The van der Waals surface area contributed by atoms with Gasteiger partial charge >= 0.3 is 6.16 Å². The molecule has 0 amide bonds. The number of allylic oxidation sites excluding steroid dienone is 2. The van der Waals surface area contributed by atoms with Crippen molar-refractivity contribution >= 4 is 12.4 Å². The van der Waals surface area contributed by atoms with Crippen LogP contribution in [0.4, 0.5) is 4.79 Å². The predicted octanol–water partition coefficient (Wildman–Crippen LogP) is 2.43. The quantitative estimate of drug-likeness (QED) is 0.530. The summed E-state index contributed by atoms with van der Waals surface area (Å²) in [4.78, 5) is 21.1. The van der Waals surface area contributed by atoms with Crippen molar-refractivity contribution in [2.75, 3.05) is 7.11 Å². The highest BCUT2D eigenvalue weighted by molar-refractivity contribution is 5.61. The van der Waals surface area contributed by atoms with Crippen LogP contribution in [0.15, 0.2) is 11.8 Å². The van der Waals surface area contributed by atoms with Gasteiger partial charge in [0.05, 0.1) is 7.11 Å². The number of carbonyl (C=O) groups is 2. The molecule has 0 saturated heterocycles. The summed E-state index contributed by atoms with van der Waals surface area (Å²) in [5.74, 6) is 1.02. The maximum atomic E-state index is 10.9. The van der Waals surface area contributed by atoms with E-state index < -0.39 is 6.16 Å². The molecule has 0 aromatic heterocycles. The fourth-order valence-corrected chi connectivity index (χ4v) is 1.71. The van der Waals surface area contributed by atoms with Crippen LogP contribution in [0.3, 0.4) is 0 Å². The van der Waals surface area contributed by atoms with Gasteiger partial charge in [-0.15, -0.1) is 0 Å². The van der Waals surface area contributed by atoms with Crippen LogP contribution in [0.2, 0.25) is 0 Å². The Morgan fingerprint density at radius 2 is 2.47 bits per heavy atom. The van der Waals surface area contributed by atoms with Gasteiger partial charge in [0, 0.05) is 12.8 Å². The number of methoxy groups -OCH3 is 1. The monoisotopic (exact) mass is 212 g/mol. The standard InChI is InChI=1S/C11H16O4/c1-14-11(13)15-10-6-2-4-9(8-10)5-3-7-12/h7-9H,2-6H2,1H3/t9-/m1/s1. The van der Waals surface area contributed by atoms with Gasteiger partial charge in [-0.05, 0) is 31.3 Å². The topological polar surface area (TPSA) is 52.6 Å². The molecule has 0 aromatic rings. The van der Waals surface area contributed by atoms with Crippen LogP contribution in [0.25, 0.3) is 0 Å². The molecule has 0 radical (unpaired) electrons. The van der Waals surface area contributed by atoms with E-state index in [9.17, 15) is 9.59 Å². The Kier molecular flexibility index (Phi) is 4.87. The van der Waals surface area contributed by atoms with E-state index in [0.29, 0.717) is 18.1 Å². The average molecular weight is 212 g/mol. The lowest BCUT2D eigenvalue weighted by Gasteiger charge is -2.19. The Morgan fingerprint density at radius 1 is 1.67 bits per heavy atom. The van der Waals surface area contributed by atoms with Crippen molar-refractivity contribution in [2.45, 2.75) is 32.1 Å². The van der Waals surface area contributed by atoms with Crippen molar-refractivity contribution in [3.63, 3.8) is 0 Å². The van der Waals surface area contributed by atoms with Crippen LogP contribution < -0.4 is 0 Å². The molecule has 84 valence electrons. The van der Waals surface area contributed by atoms with E-state index in [0.717, 1.165) is 32.0 Å². The Labute approximate surface area is 89.2 Å². The summed E-state index contributed by atoms with van der Waals surface area (Å²) in [6, 6.07) is 0. The molecule has 0 fully saturated rings. The minimum Gasteiger partial charge on any atom is -0.437 e. The summed E-state index contributed by atoms with van der Waals surface area (Å²) < 4.78 is 9.37. The highest BCUT2D eigenvalue weighted by Crippen LogP contribution is 2.26. The highest BCUT2D eigenvalue weighted by atomic mass is 16.7. The lowest BCUT2D eigenvalue weighted by molar-refractivity contribution is -0.108. The molecule has 0 N–H and O–H groups in total. The fraction of sp³-hybridized carbons (Fsp3) is 0.636. The van der Waals surface area contributed by atoms with Crippen LogP contribution >= 0.6 is 0 Å². The molecule has 1 aliphatic carbocycles. The van der Waals surface area contributed by atoms with E-state index in [-0.39, 0.29) is 0 Å². The molecule has 0 spiro atoms. The molecule has 0 heterocycles. The van der Waals surface area contributed by atoms with Crippen molar-refractivity contribution in [3.05, 3.63) is 11.8 Å². The minimum atomic E-state index is -0.669. The van der Waals surface area contributed by atoms with Crippen LogP contribution in [0.1, 0.15) is 32.1 Å². The van der Waals surface area contributed by atoms with E-state index >= 15 is 0 Å². The average Bonchev–Trinajstić information content (AvgIpc) is 2.26. The van der Waals surface area contributed by atoms with Crippen molar-refractivity contribution in [2.24, 2.45) is 5.92 Å². The first-order valence-corrected chi connectivity index (χ1v) is 5.16. The van der Waals surface area contributed by atoms with Gasteiger partial charge in [-0.1, -0.05) is 0 Å². The van der Waals surface area contributed by atoms with Crippen LogP contribution in [0, 0.1) is 5.92 Å². The molecule has 0 unspecified atom stereocenters. The summed E-state index contributed by atoms with van der Waals surface area (Å²) in [7, 11) is 1.29. The third kappa shape index (κ3) is 4.14. The summed E-state index contributed by atoms with van der Waals surface area (Å²) in [5.41, 5.74) is 0. The zero-order valence-corrected chi connectivity index (χ0v) is 8.90. The number of carbonyl (C=O) groups excluding carboxylic acids is 2. The Bertz CT molecular complexity index is 257. The number of ether oxygens (including phenoxy) is 2. The summed E-state index contributed by atoms with van der Waals surface area (Å²) >= 11 is 0. The largest absolute Gasteiger partial charge is 0.513 e. The van der Waals surface area contributed by atoms with Gasteiger partial charge in [-0.25, -0.2) is 4.79 Å². The summed E-state index contributed by atoms with van der Waals surface area (Å²) in [5, 5.41) is 0. The van der Waals surface area contributed by atoms with Crippen LogP contribution in [-0.2, 0) is 14.3 Å². The number of rotatable bonds is 4. The lowest BCUT2D eigenvalue weighted by Crippen LogP contribution is -2.10. The molecule has 0 aromatic carbocycles. The van der Waals surface area contributed by atoms with Gasteiger partial charge in [0.25, 0.3) is 0 Å². The molecule has 0 aliphatic heterocycles. The third-order valence-corrected chi connectivity index (χ3v) is 2.46. The molecular formula is C11H16O4. The van der Waals surface area contributed by atoms with Crippen LogP contribution in [-0.4, -0.2) is 19.6 Å². The van der Waals surface area contributed by atoms with Gasteiger partial charge in [0.2, 0.25) is 0 Å². The zero-order valence-electron chi connectivity index (χ0n) is 8.90. The molecule has 0 bridgehead atoms. The summed E-state index contributed by atoms with van der Waals surface area (Å²) in [6.07, 6.45) is 6.40. The smallest absolute Gasteiger partial charge is 0.437 e. The second-order valence-corrected chi connectivity index (χ2v) is 3.59. The Balaban J connectivity index is 2.45. The Hall–Kier alpha value is -1.32. The molecule has 0 saturated carbocycles. The first-order chi connectivity index (χ1) is 7.26. The lowest BCUT2D eigenvalue weighted by atomic mass is 9.91. The molecular weight excluding hydrogens is 196 g/mol. The van der Waals surface area contributed by atoms with Gasteiger partial charge in [-0.3, -0.25) is 0 Å². The minimum absolute atomic E-state index is 0.351. The van der Waals surface area contributed by atoms with Gasteiger partial charge in [0.1, 0.15) is 12.0 Å². The van der Waals surface area contributed by atoms with E-state index in [2.05, 4.69) is 4.74 Å². The molecule has 4 heteroatoms. The third-order valence-electron chi connectivity index (χ3n) is 2.46. The first-order valence-electron chi connectivity index (χ1n) is 5.16. The van der Waals surface area contributed by atoms with Crippen molar-refractivity contribution in [1.29, 1.82) is 0 Å². The van der Waals surface area contributed by atoms with Crippen LogP contribution in [0.5, 0.6) is 0 Å². The van der Waals surface area contributed by atoms with Gasteiger partial charge in [-0.2, -0.15) is 0 Å². The molecule has 1 aliphatic rings. The van der Waals surface area contributed by atoms with E-state index in [1.54, 1.807) is 0 Å². The molecule has 1 rings (SSSR count). The second kappa shape index (κ2) is 6.22. The van der Waals surface area contributed by atoms with Crippen molar-refractivity contribution in [3.8, 4) is 0 Å². The number of aldehydes is 1. The number of hydrogen-bond acceptors (Lipinski definition) is 4. The maximum absolute atomic E-state index is 10.9. The van der Waals surface area contributed by atoms with Gasteiger partial charge < -0.3 is 14.3 Å². The number of hydrogen-bond donors (Lipinski definition) is 0. The Morgan fingerprint density at radius 3 is 3.13 bits per heavy atom. The fourth-order valence-electron chi connectivity index (χ4n) is 1.71. The maximum Gasteiger partial charge on any atom is 0.513 e. The highest BCUT2D eigenvalue weighted by Gasteiger charge is 2.16. The second-order valence-electron chi connectivity index (χ2n) is 3.59. The SMILES string of the molecule is COC(=O)OC1=C[C@@H](CCC=O)CCC1. The normalized spacial score (nSPS) is 20.3. The first kappa shape index (κ1) is 11.8. The van der Waals surface area contributed by atoms with Crippen molar-refractivity contribution < 1.29 is 19.1 Å². The zero-order chi connectivity index (χ0) is 11.1. The van der Waals surface area contributed by atoms with Crippen molar-refractivity contribution in [1.82, 2.24) is 0 Å². The molecule has 15 heavy (non-hydrogen) atoms. The van der Waals surface area contributed by atoms with E-state index in [1.807, 2.05) is 6.08 Å². The summed E-state index contributed by atoms with van der Waals surface area (Å²) in [6.45, 7) is 0. The molecule has 1 atom stereocenters. The van der Waals surface area contributed by atoms with E-state index in [4.69, 9.17) is 4.74 Å².